The quantitative estimate of drug-likeness (QED) is 0.901. The number of ether oxygens (including phenoxy) is 1. The lowest BCUT2D eigenvalue weighted by Gasteiger charge is -2.39. The molecular formula is C18H28N2O. The first-order valence-electron chi connectivity index (χ1n) is 8.44. The van der Waals surface area contributed by atoms with E-state index < -0.39 is 0 Å². The van der Waals surface area contributed by atoms with Gasteiger partial charge in [-0.25, -0.2) is 0 Å². The SMILES string of the molecule is CC1CNC(Cc2ccccc2)CN1CCC1CCCO1. The van der Waals surface area contributed by atoms with Crippen molar-refractivity contribution < 1.29 is 4.74 Å². The van der Waals surface area contributed by atoms with Crippen LogP contribution in [0.3, 0.4) is 0 Å². The van der Waals surface area contributed by atoms with Gasteiger partial charge in [0.2, 0.25) is 0 Å². The van der Waals surface area contributed by atoms with E-state index in [4.69, 9.17) is 4.74 Å². The summed E-state index contributed by atoms with van der Waals surface area (Å²) in [6.07, 6.45) is 5.35. The zero-order chi connectivity index (χ0) is 14.5. The molecule has 3 unspecified atom stereocenters. The van der Waals surface area contributed by atoms with Crippen molar-refractivity contribution in [1.82, 2.24) is 10.2 Å². The molecule has 3 atom stereocenters. The van der Waals surface area contributed by atoms with E-state index in [1.54, 1.807) is 0 Å². The van der Waals surface area contributed by atoms with Gasteiger partial charge in [0.05, 0.1) is 6.10 Å². The zero-order valence-electron chi connectivity index (χ0n) is 13.1. The molecule has 3 heteroatoms. The summed E-state index contributed by atoms with van der Waals surface area (Å²) in [4.78, 5) is 2.64. The van der Waals surface area contributed by atoms with E-state index in [9.17, 15) is 0 Å². The van der Waals surface area contributed by atoms with E-state index in [-0.39, 0.29) is 0 Å². The van der Waals surface area contributed by atoms with E-state index in [1.165, 1.54) is 31.4 Å². The van der Waals surface area contributed by atoms with E-state index in [0.29, 0.717) is 18.2 Å². The number of benzene rings is 1. The normalized spacial score (nSPS) is 30.6. The first kappa shape index (κ1) is 15.0. The number of nitrogens with one attached hydrogen (secondary N) is 1. The van der Waals surface area contributed by atoms with Gasteiger partial charge in [0.1, 0.15) is 0 Å². The Morgan fingerprint density at radius 3 is 2.90 bits per heavy atom. The molecule has 0 saturated carbocycles. The van der Waals surface area contributed by atoms with Gasteiger partial charge in [-0.15, -0.1) is 0 Å². The molecule has 0 radical (unpaired) electrons. The molecule has 2 fully saturated rings. The fraction of sp³-hybridized carbons (Fsp3) is 0.667. The summed E-state index contributed by atoms with van der Waals surface area (Å²) < 4.78 is 5.76. The lowest BCUT2D eigenvalue weighted by atomic mass is 10.0. The second-order valence-corrected chi connectivity index (χ2v) is 6.56. The fourth-order valence-electron chi connectivity index (χ4n) is 3.52. The second kappa shape index (κ2) is 7.39. The molecule has 0 spiro atoms. The van der Waals surface area contributed by atoms with Crippen molar-refractivity contribution in [3.05, 3.63) is 35.9 Å². The highest BCUT2D eigenvalue weighted by Gasteiger charge is 2.26. The van der Waals surface area contributed by atoms with E-state index in [0.717, 1.165) is 26.1 Å². The summed E-state index contributed by atoms with van der Waals surface area (Å²) >= 11 is 0. The van der Waals surface area contributed by atoms with Gasteiger partial charge in [0, 0.05) is 38.3 Å². The predicted octanol–water partition coefficient (Wildman–Crippen LogP) is 2.46. The van der Waals surface area contributed by atoms with Crippen molar-refractivity contribution in [2.45, 2.75) is 50.8 Å². The number of nitrogens with zero attached hydrogens (tertiary/aromatic N) is 1. The van der Waals surface area contributed by atoms with Crippen LogP contribution >= 0.6 is 0 Å². The van der Waals surface area contributed by atoms with Crippen LogP contribution in [-0.2, 0) is 11.2 Å². The van der Waals surface area contributed by atoms with Crippen LogP contribution in [0.4, 0.5) is 0 Å². The van der Waals surface area contributed by atoms with Crippen molar-refractivity contribution in [3.8, 4) is 0 Å². The Hall–Kier alpha value is -0.900. The minimum Gasteiger partial charge on any atom is -0.378 e. The topological polar surface area (TPSA) is 24.5 Å². The van der Waals surface area contributed by atoms with Crippen LogP contribution in [0.25, 0.3) is 0 Å². The number of hydrogen-bond acceptors (Lipinski definition) is 3. The van der Waals surface area contributed by atoms with E-state index in [1.807, 2.05) is 0 Å². The van der Waals surface area contributed by atoms with Gasteiger partial charge >= 0.3 is 0 Å². The Morgan fingerprint density at radius 1 is 1.29 bits per heavy atom. The Balaban J connectivity index is 1.49. The lowest BCUT2D eigenvalue weighted by Crippen LogP contribution is -2.56. The van der Waals surface area contributed by atoms with Gasteiger partial charge in [0.25, 0.3) is 0 Å². The maximum Gasteiger partial charge on any atom is 0.0588 e. The first-order valence-corrected chi connectivity index (χ1v) is 8.44. The van der Waals surface area contributed by atoms with Gasteiger partial charge in [-0.1, -0.05) is 30.3 Å². The smallest absolute Gasteiger partial charge is 0.0588 e. The summed E-state index contributed by atoms with van der Waals surface area (Å²) in [6.45, 7) is 6.74. The van der Waals surface area contributed by atoms with Crippen LogP contribution < -0.4 is 5.32 Å². The summed E-state index contributed by atoms with van der Waals surface area (Å²) in [7, 11) is 0. The maximum atomic E-state index is 5.76. The van der Waals surface area contributed by atoms with Crippen molar-refractivity contribution in [2.75, 3.05) is 26.2 Å². The summed E-state index contributed by atoms with van der Waals surface area (Å²) in [6, 6.07) is 12.0. The third kappa shape index (κ3) is 4.29. The highest BCUT2D eigenvalue weighted by Crippen LogP contribution is 2.18. The van der Waals surface area contributed by atoms with Crippen LogP contribution in [0.15, 0.2) is 30.3 Å². The van der Waals surface area contributed by atoms with Crippen LogP contribution in [0, 0.1) is 0 Å². The average molecular weight is 288 g/mol. The Bertz CT molecular complexity index is 416. The molecule has 2 saturated heterocycles. The largest absolute Gasteiger partial charge is 0.378 e. The van der Waals surface area contributed by atoms with E-state index >= 15 is 0 Å². The van der Waals surface area contributed by atoms with Crippen LogP contribution in [-0.4, -0.2) is 49.3 Å². The molecule has 116 valence electrons. The Kier molecular flexibility index (Phi) is 5.28. The van der Waals surface area contributed by atoms with Crippen molar-refractivity contribution in [1.29, 1.82) is 0 Å². The molecule has 1 N–H and O–H groups in total. The highest BCUT2D eigenvalue weighted by atomic mass is 16.5. The van der Waals surface area contributed by atoms with Gasteiger partial charge in [0.15, 0.2) is 0 Å². The third-order valence-corrected chi connectivity index (χ3v) is 4.87. The number of hydrogen-bond donors (Lipinski definition) is 1. The molecule has 3 nitrogen and oxygen atoms in total. The summed E-state index contributed by atoms with van der Waals surface area (Å²) in [5.74, 6) is 0. The molecule has 21 heavy (non-hydrogen) atoms. The van der Waals surface area contributed by atoms with Crippen molar-refractivity contribution >= 4 is 0 Å². The zero-order valence-corrected chi connectivity index (χ0v) is 13.1. The summed E-state index contributed by atoms with van der Waals surface area (Å²) in [5, 5.41) is 3.70. The van der Waals surface area contributed by atoms with Gasteiger partial charge in [-0.2, -0.15) is 0 Å². The first-order chi connectivity index (χ1) is 10.3. The number of piperazine rings is 1. The molecule has 1 aromatic rings. The van der Waals surface area contributed by atoms with Crippen LogP contribution in [0.1, 0.15) is 31.7 Å². The molecular weight excluding hydrogens is 260 g/mol. The molecule has 2 aliphatic rings. The Morgan fingerprint density at radius 2 is 2.14 bits per heavy atom. The maximum absolute atomic E-state index is 5.76. The molecule has 1 aromatic carbocycles. The molecule has 2 aliphatic heterocycles. The minimum atomic E-state index is 0.514. The molecule has 3 rings (SSSR count). The average Bonchev–Trinajstić information content (AvgIpc) is 3.02. The van der Waals surface area contributed by atoms with Gasteiger partial charge < -0.3 is 10.1 Å². The second-order valence-electron chi connectivity index (χ2n) is 6.56. The van der Waals surface area contributed by atoms with Crippen LogP contribution in [0.2, 0.25) is 0 Å². The van der Waals surface area contributed by atoms with E-state index in [2.05, 4.69) is 47.5 Å². The van der Waals surface area contributed by atoms with Crippen molar-refractivity contribution in [3.63, 3.8) is 0 Å². The fourth-order valence-corrected chi connectivity index (χ4v) is 3.52. The predicted molar refractivity (Wildman–Crippen MR) is 86.6 cm³/mol. The minimum absolute atomic E-state index is 0.514. The third-order valence-electron chi connectivity index (χ3n) is 4.87. The molecule has 0 aromatic heterocycles. The molecule has 2 heterocycles. The van der Waals surface area contributed by atoms with Crippen molar-refractivity contribution in [2.24, 2.45) is 0 Å². The van der Waals surface area contributed by atoms with Crippen LogP contribution in [0.5, 0.6) is 0 Å². The standard InChI is InChI=1S/C18H28N2O/c1-15-13-19-17(12-16-6-3-2-4-7-16)14-20(15)10-9-18-8-5-11-21-18/h2-4,6-7,15,17-19H,5,8-14H2,1H3. The monoisotopic (exact) mass is 288 g/mol. The van der Waals surface area contributed by atoms with Gasteiger partial charge in [-0.3, -0.25) is 4.90 Å². The highest BCUT2D eigenvalue weighted by molar-refractivity contribution is 5.16. The number of rotatable bonds is 5. The van der Waals surface area contributed by atoms with Gasteiger partial charge in [-0.05, 0) is 38.2 Å². The Labute approximate surface area is 128 Å². The lowest BCUT2D eigenvalue weighted by molar-refractivity contribution is 0.0743. The summed E-state index contributed by atoms with van der Waals surface area (Å²) in [5.41, 5.74) is 1.43. The molecule has 0 aliphatic carbocycles. The molecule has 0 bridgehead atoms. The molecule has 0 amide bonds.